The Balaban J connectivity index is 1.17. The Bertz CT molecular complexity index is 1170. The average Bonchev–Trinajstić information content (AvgIpc) is 3.27. The van der Waals surface area contributed by atoms with Gasteiger partial charge in [0.2, 0.25) is 5.91 Å². The molecular formula is C35H54N2O6. The Labute approximate surface area is 257 Å². The standard InChI is InChI=1S/C35H54N2O6/c1-20(7-14-30(41)36-22-8-10-23(11-9-22)37-32(42)43-33(2,3)4)25-12-13-26-31-27(19-29(40)35(25,26)6)34(5)16-15-24(38)17-21(34)18-28(31)39/h8-11,20-21,24-29,31,38-40H,7,12-19H2,1-6H3,(H,36,41)(H,37,42)/t20-,21+,24-,25-,26+,27+,28-,29+,31+,34+,35-/m1/s1. The summed E-state index contributed by atoms with van der Waals surface area (Å²) in [6.45, 7) is 12.3. The average molecular weight is 599 g/mol. The molecule has 0 saturated heterocycles. The summed E-state index contributed by atoms with van der Waals surface area (Å²) in [6, 6.07) is 6.99. The first-order chi connectivity index (χ1) is 20.1. The van der Waals surface area contributed by atoms with E-state index in [1.165, 1.54) is 0 Å². The second-order valence-electron chi connectivity index (χ2n) is 15.8. The monoisotopic (exact) mass is 598 g/mol. The highest BCUT2D eigenvalue weighted by Gasteiger charge is 2.65. The number of hydrogen-bond acceptors (Lipinski definition) is 6. The van der Waals surface area contributed by atoms with E-state index in [2.05, 4.69) is 31.4 Å². The molecule has 43 heavy (non-hydrogen) atoms. The van der Waals surface area contributed by atoms with Gasteiger partial charge in [-0.15, -0.1) is 0 Å². The van der Waals surface area contributed by atoms with E-state index in [-0.39, 0.29) is 52.6 Å². The molecule has 2 amide bonds. The van der Waals surface area contributed by atoms with E-state index in [9.17, 15) is 24.9 Å². The third-order valence-corrected chi connectivity index (χ3v) is 12.2. The van der Waals surface area contributed by atoms with Crippen molar-refractivity contribution in [3.63, 3.8) is 0 Å². The number of fused-ring (bicyclic) bond motifs is 5. The number of benzene rings is 1. The molecule has 8 heteroatoms. The van der Waals surface area contributed by atoms with Crippen LogP contribution in [0.3, 0.4) is 0 Å². The van der Waals surface area contributed by atoms with Crippen LogP contribution >= 0.6 is 0 Å². The lowest BCUT2D eigenvalue weighted by Gasteiger charge is -2.63. The van der Waals surface area contributed by atoms with Gasteiger partial charge in [0.1, 0.15) is 5.60 Å². The van der Waals surface area contributed by atoms with E-state index in [1.54, 1.807) is 24.3 Å². The van der Waals surface area contributed by atoms with E-state index >= 15 is 0 Å². The Morgan fingerprint density at radius 2 is 1.60 bits per heavy atom. The molecule has 0 radical (unpaired) electrons. The van der Waals surface area contributed by atoms with Crippen molar-refractivity contribution in [1.82, 2.24) is 0 Å². The van der Waals surface area contributed by atoms with E-state index in [4.69, 9.17) is 4.74 Å². The quantitative estimate of drug-likeness (QED) is 0.260. The van der Waals surface area contributed by atoms with Crippen molar-refractivity contribution in [3.05, 3.63) is 24.3 Å². The van der Waals surface area contributed by atoms with Crippen molar-refractivity contribution in [3.8, 4) is 0 Å². The van der Waals surface area contributed by atoms with Crippen LogP contribution in [0.2, 0.25) is 0 Å². The van der Waals surface area contributed by atoms with Gasteiger partial charge in [-0.3, -0.25) is 10.1 Å². The first kappa shape index (κ1) is 32.2. The number of carbonyl (C=O) groups excluding carboxylic acids is 2. The van der Waals surface area contributed by atoms with Crippen LogP contribution in [0.4, 0.5) is 16.2 Å². The fourth-order valence-corrected chi connectivity index (χ4v) is 9.97. The van der Waals surface area contributed by atoms with Crippen LogP contribution in [0.5, 0.6) is 0 Å². The van der Waals surface area contributed by atoms with Crippen LogP contribution in [-0.4, -0.2) is 51.2 Å². The molecule has 240 valence electrons. The molecule has 5 N–H and O–H groups in total. The number of carbonyl (C=O) groups is 2. The zero-order valence-corrected chi connectivity index (χ0v) is 26.9. The molecule has 0 aromatic heterocycles. The van der Waals surface area contributed by atoms with Gasteiger partial charge in [0, 0.05) is 17.8 Å². The van der Waals surface area contributed by atoms with Gasteiger partial charge in [0.05, 0.1) is 18.3 Å². The molecule has 8 nitrogen and oxygen atoms in total. The van der Waals surface area contributed by atoms with E-state index in [1.807, 2.05) is 20.8 Å². The maximum Gasteiger partial charge on any atom is 0.412 e. The fourth-order valence-electron chi connectivity index (χ4n) is 9.97. The molecule has 1 aromatic carbocycles. The maximum atomic E-state index is 12.9. The van der Waals surface area contributed by atoms with Gasteiger partial charge in [-0.2, -0.15) is 0 Å². The zero-order chi connectivity index (χ0) is 31.3. The summed E-state index contributed by atoms with van der Waals surface area (Å²) in [5.41, 5.74) is 0.473. The molecule has 5 rings (SSSR count). The minimum atomic E-state index is -0.581. The molecule has 0 bridgehead atoms. The highest BCUT2D eigenvalue weighted by molar-refractivity contribution is 5.91. The van der Waals surface area contributed by atoms with Crippen LogP contribution < -0.4 is 10.6 Å². The molecule has 4 saturated carbocycles. The molecule has 11 atom stereocenters. The summed E-state index contributed by atoms with van der Waals surface area (Å²) in [7, 11) is 0. The lowest BCUT2D eigenvalue weighted by Crippen LogP contribution is -2.62. The third kappa shape index (κ3) is 6.34. The van der Waals surface area contributed by atoms with Gasteiger partial charge in [-0.1, -0.05) is 20.8 Å². The molecule has 0 aliphatic heterocycles. The van der Waals surface area contributed by atoms with Crippen molar-refractivity contribution >= 4 is 23.4 Å². The summed E-state index contributed by atoms with van der Waals surface area (Å²) in [4.78, 5) is 24.9. The Kier molecular flexibility index (Phi) is 8.98. The Hall–Kier alpha value is -2.16. The molecule has 4 aliphatic rings. The minimum Gasteiger partial charge on any atom is -0.444 e. The lowest BCUT2D eigenvalue weighted by atomic mass is 9.43. The molecule has 4 aliphatic carbocycles. The number of aliphatic hydroxyl groups excluding tert-OH is 3. The molecular weight excluding hydrogens is 544 g/mol. The predicted molar refractivity (Wildman–Crippen MR) is 167 cm³/mol. The van der Waals surface area contributed by atoms with Crippen LogP contribution in [0.25, 0.3) is 0 Å². The SMILES string of the molecule is C[C@H](CCC(=O)Nc1ccc(NC(=O)OC(C)(C)C)cc1)[C@H]1CC[C@H]2[C@@H]3[C@H](O)C[C@@H]4C[C@H](O)CC[C@]4(C)[C@H]3C[C@H](O)[C@]12C. The number of amides is 2. The number of hydrogen-bond donors (Lipinski definition) is 5. The van der Waals surface area contributed by atoms with E-state index < -0.39 is 17.8 Å². The fraction of sp³-hybridized carbons (Fsp3) is 0.771. The molecule has 0 unspecified atom stereocenters. The third-order valence-electron chi connectivity index (χ3n) is 12.2. The van der Waals surface area contributed by atoms with Crippen LogP contribution in [0.15, 0.2) is 24.3 Å². The van der Waals surface area contributed by atoms with Crippen molar-refractivity contribution < 1.29 is 29.6 Å². The largest absolute Gasteiger partial charge is 0.444 e. The van der Waals surface area contributed by atoms with Gasteiger partial charge < -0.3 is 25.4 Å². The molecule has 0 spiro atoms. The summed E-state index contributed by atoms with van der Waals surface area (Å²) in [6.07, 6.45) is 5.60. The number of ether oxygens (including phenoxy) is 1. The zero-order valence-electron chi connectivity index (χ0n) is 26.9. The van der Waals surface area contributed by atoms with E-state index in [0.717, 1.165) is 51.4 Å². The van der Waals surface area contributed by atoms with Crippen LogP contribution in [-0.2, 0) is 9.53 Å². The first-order valence-electron chi connectivity index (χ1n) is 16.6. The van der Waals surface area contributed by atoms with Crippen molar-refractivity contribution in [2.45, 2.75) is 123 Å². The van der Waals surface area contributed by atoms with Crippen molar-refractivity contribution in [2.75, 3.05) is 10.6 Å². The Morgan fingerprint density at radius 3 is 2.26 bits per heavy atom. The highest BCUT2D eigenvalue weighted by Crippen LogP contribution is 2.68. The van der Waals surface area contributed by atoms with Gasteiger partial charge in [-0.25, -0.2) is 4.79 Å². The Morgan fingerprint density at radius 1 is 0.953 bits per heavy atom. The summed E-state index contributed by atoms with van der Waals surface area (Å²) in [5.74, 6) is 1.58. The van der Waals surface area contributed by atoms with Crippen LogP contribution in [0, 0.1) is 46.3 Å². The minimum absolute atomic E-state index is 0.0511. The van der Waals surface area contributed by atoms with Gasteiger partial charge in [0.25, 0.3) is 0 Å². The normalized spacial score (nSPS) is 39.6. The van der Waals surface area contributed by atoms with Gasteiger partial charge in [0.15, 0.2) is 0 Å². The number of nitrogens with one attached hydrogen (secondary N) is 2. The second kappa shape index (κ2) is 12.0. The van der Waals surface area contributed by atoms with Gasteiger partial charge in [-0.05, 0) is 143 Å². The van der Waals surface area contributed by atoms with Gasteiger partial charge >= 0.3 is 6.09 Å². The first-order valence-corrected chi connectivity index (χ1v) is 16.6. The summed E-state index contributed by atoms with van der Waals surface area (Å²) >= 11 is 0. The summed E-state index contributed by atoms with van der Waals surface area (Å²) < 4.78 is 5.28. The van der Waals surface area contributed by atoms with Crippen LogP contribution in [0.1, 0.15) is 99.3 Å². The smallest absolute Gasteiger partial charge is 0.412 e. The van der Waals surface area contributed by atoms with Crippen molar-refractivity contribution in [1.29, 1.82) is 0 Å². The number of anilines is 2. The predicted octanol–water partition coefficient (Wildman–Crippen LogP) is 6.35. The van der Waals surface area contributed by atoms with E-state index in [0.29, 0.717) is 29.6 Å². The number of rotatable bonds is 6. The van der Waals surface area contributed by atoms with Crippen molar-refractivity contribution in [2.24, 2.45) is 46.3 Å². The molecule has 4 fully saturated rings. The molecule has 1 aromatic rings. The number of aliphatic hydroxyl groups is 3. The second-order valence-corrected chi connectivity index (χ2v) is 15.8. The maximum absolute atomic E-state index is 12.9. The summed E-state index contributed by atoms with van der Waals surface area (Å²) in [5, 5.41) is 39.3. The topological polar surface area (TPSA) is 128 Å². The highest BCUT2D eigenvalue weighted by atomic mass is 16.6. The molecule has 0 heterocycles. The lowest BCUT2D eigenvalue weighted by molar-refractivity contribution is -0.207.